The van der Waals surface area contributed by atoms with Crippen molar-refractivity contribution < 1.29 is 9.59 Å². The largest absolute Gasteiger partial charge is 0.357 e. The van der Waals surface area contributed by atoms with Crippen LogP contribution in [0.4, 0.5) is 0 Å². The van der Waals surface area contributed by atoms with Gasteiger partial charge in [0.1, 0.15) is 5.69 Å². The van der Waals surface area contributed by atoms with Crippen LogP contribution in [0.1, 0.15) is 23.3 Å². The van der Waals surface area contributed by atoms with Gasteiger partial charge in [0.2, 0.25) is 5.91 Å². The van der Waals surface area contributed by atoms with E-state index in [1.807, 2.05) is 0 Å². The summed E-state index contributed by atoms with van der Waals surface area (Å²) < 4.78 is 0. The number of hydrogen-bond acceptors (Lipinski definition) is 3. The highest BCUT2D eigenvalue weighted by Gasteiger charge is 2.28. The van der Waals surface area contributed by atoms with Crippen LogP contribution in [-0.4, -0.2) is 47.9 Å². The number of H-pyrrole nitrogens is 1. The monoisotopic (exact) mass is 264 g/mol. The van der Waals surface area contributed by atoms with Gasteiger partial charge in [0.05, 0.1) is 5.92 Å². The molecular weight excluding hydrogens is 244 g/mol. The molecule has 4 N–H and O–H groups in total. The van der Waals surface area contributed by atoms with E-state index < -0.39 is 0 Å². The second-order valence-corrected chi connectivity index (χ2v) is 4.75. The molecule has 104 valence electrons. The highest BCUT2D eigenvalue weighted by Crippen LogP contribution is 2.18. The molecule has 6 nitrogen and oxygen atoms in total. The Balaban J connectivity index is 1.93. The maximum absolute atomic E-state index is 12.2. The number of hydrogen-bond donors (Lipinski definition) is 3. The fraction of sp³-hybridized carbons (Fsp3) is 0.538. The predicted molar refractivity (Wildman–Crippen MR) is 71.5 cm³/mol. The van der Waals surface area contributed by atoms with E-state index in [1.165, 1.54) is 0 Å². The lowest BCUT2D eigenvalue weighted by molar-refractivity contribution is -0.126. The van der Waals surface area contributed by atoms with E-state index in [1.54, 1.807) is 23.2 Å². The first kappa shape index (κ1) is 13.6. The number of amides is 2. The number of likely N-dealkylation sites (tertiary alicyclic amines) is 1. The quantitative estimate of drug-likeness (QED) is 0.711. The zero-order valence-corrected chi connectivity index (χ0v) is 10.9. The molecule has 1 aliphatic rings. The van der Waals surface area contributed by atoms with Crippen molar-refractivity contribution in [3.8, 4) is 0 Å². The average molecular weight is 264 g/mol. The molecule has 6 heteroatoms. The third-order valence-electron chi connectivity index (χ3n) is 3.35. The molecule has 2 rings (SSSR count). The number of aromatic nitrogens is 1. The molecule has 0 aromatic carbocycles. The molecule has 1 aliphatic heterocycles. The van der Waals surface area contributed by atoms with Crippen molar-refractivity contribution in [1.29, 1.82) is 0 Å². The van der Waals surface area contributed by atoms with Crippen LogP contribution in [0.15, 0.2) is 18.3 Å². The summed E-state index contributed by atoms with van der Waals surface area (Å²) in [4.78, 5) is 28.7. The Labute approximate surface area is 112 Å². The zero-order valence-electron chi connectivity index (χ0n) is 10.9. The van der Waals surface area contributed by atoms with Crippen molar-refractivity contribution in [1.82, 2.24) is 15.2 Å². The van der Waals surface area contributed by atoms with Crippen molar-refractivity contribution in [3.63, 3.8) is 0 Å². The van der Waals surface area contributed by atoms with Crippen LogP contribution >= 0.6 is 0 Å². The van der Waals surface area contributed by atoms with Gasteiger partial charge in [-0.2, -0.15) is 0 Å². The molecule has 0 aliphatic carbocycles. The van der Waals surface area contributed by atoms with Crippen molar-refractivity contribution in [2.75, 3.05) is 26.2 Å². The van der Waals surface area contributed by atoms with Crippen LogP contribution in [0.3, 0.4) is 0 Å². The lowest BCUT2D eigenvalue weighted by Gasteiger charge is -2.31. The van der Waals surface area contributed by atoms with E-state index in [4.69, 9.17) is 5.73 Å². The summed E-state index contributed by atoms with van der Waals surface area (Å²) in [6, 6.07) is 3.54. The van der Waals surface area contributed by atoms with E-state index >= 15 is 0 Å². The number of carbonyl (C=O) groups is 2. The molecule has 19 heavy (non-hydrogen) atoms. The van der Waals surface area contributed by atoms with Gasteiger partial charge in [-0.15, -0.1) is 0 Å². The van der Waals surface area contributed by atoms with Gasteiger partial charge in [0.25, 0.3) is 5.91 Å². The second-order valence-electron chi connectivity index (χ2n) is 4.75. The van der Waals surface area contributed by atoms with Crippen LogP contribution < -0.4 is 11.1 Å². The lowest BCUT2D eigenvalue weighted by Crippen LogP contribution is -2.46. The summed E-state index contributed by atoms with van der Waals surface area (Å²) in [5.74, 6) is -0.171. The first-order chi connectivity index (χ1) is 9.22. The summed E-state index contributed by atoms with van der Waals surface area (Å²) in [5, 5.41) is 2.79. The summed E-state index contributed by atoms with van der Waals surface area (Å²) >= 11 is 0. The minimum absolute atomic E-state index is 0.00515. The van der Waals surface area contributed by atoms with Crippen molar-refractivity contribution in [2.45, 2.75) is 12.8 Å². The number of piperidine rings is 1. The van der Waals surface area contributed by atoms with Gasteiger partial charge in [-0.05, 0) is 25.0 Å². The average Bonchev–Trinajstić information content (AvgIpc) is 2.98. The fourth-order valence-corrected chi connectivity index (χ4v) is 2.35. The van der Waals surface area contributed by atoms with Crippen molar-refractivity contribution >= 4 is 11.8 Å². The Kier molecular flexibility index (Phi) is 4.57. The minimum Gasteiger partial charge on any atom is -0.357 e. The predicted octanol–water partition coefficient (Wildman–Crippen LogP) is -0.0582. The number of rotatable bonds is 4. The standard InChI is InChI=1S/C13H20N4O2/c14-5-7-16-12(18)10-3-2-8-17(9-10)13(19)11-4-1-6-15-11/h1,4,6,10,15H,2-3,5,7-9,14H2,(H,16,18). The Hall–Kier alpha value is -1.82. The molecule has 1 fully saturated rings. The van der Waals surface area contributed by atoms with Gasteiger partial charge >= 0.3 is 0 Å². The third-order valence-corrected chi connectivity index (χ3v) is 3.35. The third kappa shape index (κ3) is 3.35. The molecule has 1 aromatic heterocycles. The van der Waals surface area contributed by atoms with Crippen LogP contribution in [0.25, 0.3) is 0 Å². The number of nitrogens with zero attached hydrogens (tertiary/aromatic N) is 1. The zero-order chi connectivity index (χ0) is 13.7. The topological polar surface area (TPSA) is 91.2 Å². The normalized spacial score (nSPS) is 19.2. The second kappa shape index (κ2) is 6.38. The first-order valence-electron chi connectivity index (χ1n) is 6.63. The van der Waals surface area contributed by atoms with Crippen LogP contribution in [0.5, 0.6) is 0 Å². The molecule has 0 spiro atoms. The highest BCUT2D eigenvalue weighted by atomic mass is 16.2. The smallest absolute Gasteiger partial charge is 0.270 e. The number of nitrogens with one attached hydrogen (secondary N) is 2. The number of aromatic amines is 1. The summed E-state index contributed by atoms with van der Waals surface area (Å²) in [5.41, 5.74) is 5.93. The lowest BCUT2D eigenvalue weighted by atomic mass is 9.97. The molecule has 2 heterocycles. The van der Waals surface area contributed by atoms with Gasteiger partial charge < -0.3 is 20.9 Å². The highest BCUT2D eigenvalue weighted by molar-refractivity contribution is 5.93. The Bertz CT molecular complexity index is 430. The molecular formula is C13H20N4O2. The van der Waals surface area contributed by atoms with E-state index in [0.29, 0.717) is 31.9 Å². The Morgan fingerprint density at radius 2 is 2.37 bits per heavy atom. The fourth-order valence-electron chi connectivity index (χ4n) is 2.35. The SMILES string of the molecule is NCCNC(=O)C1CCCN(C(=O)c2ccc[nH]2)C1. The van der Waals surface area contributed by atoms with Gasteiger partial charge in [0, 0.05) is 32.4 Å². The van der Waals surface area contributed by atoms with Gasteiger partial charge in [-0.3, -0.25) is 9.59 Å². The van der Waals surface area contributed by atoms with Gasteiger partial charge in [0.15, 0.2) is 0 Å². The maximum Gasteiger partial charge on any atom is 0.270 e. The number of carbonyl (C=O) groups excluding carboxylic acids is 2. The summed E-state index contributed by atoms with van der Waals surface area (Å²) in [6.07, 6.45) is 3.40. The minimum atomic E-state index is -0.126. The van der Waals surface area contributed by atoms with E-state index in [9.17, 15) is 9.59 Å². The molecule has 0 bridgehead atoms. The summed E-state index contributed by atoms with van der Waals surface area (Å²) in [7, 11) is 0. The van der Waals surface area contributed by atoms with Gasteiger partial charge in [-0.1, -0.05) is 0 Å². The van der Waals surface area contributed by atoms with Crippen molar-refractivity contribution in [2.24, 2.45) is 11.7 Å². The molecule has 1 saturated heterocycles. The molecule has 0 saturated carbocycles. The molecule has 0 radical (unpaired) electrons. The Morgan fingerprint density at radius 1 is 1.53 bits per heavy atom. The molecule has 1 aromatic rings. The van der Waals surface area contributed by atoms with Crippen LogP contribution in [-0.2, 0) is 4.79 Å². The number of nitrogens with two attached hydrogens (primary N) is 1. The summed E-state index contributed by atoms with van der Waals surface area (Å²) in [6.45, 7) is 2.11. The van der Waals surface area contributed by atoms with Crippen LogP contribution in [0.2, 0.25) is 0 Å². The van der Waals surface area contributed by atoms with E-state index in [0.717, 1.165) is 12.8 Å². The first-order valence-corrected chi connectivity index (χ1v) is 6.63. The maximum atomic E-state index is 12.2. The van der Waals surface area contributed by atoms with E-state index in [-0.39, 0.29) is 17.7 Å². The van der Waals surface area contributed by atoms with Crippen molar-refractivity contribution in [3.05, 3.63) is 24.0 Å². The molecule has 1 atom stereocenters. The van der Waals surface area contributed by atoms with Gasteiger partial charge in [-0.25, -0.2) is 0 Å². The van der Waals surface area contributed by atoms with Crippen LogP contribution in [0, 0.1) is 5.92 Å². The van der Waals surface area contributed by atoms with E-state index in [2.05, 4.69) is 10.3 Å². The molecule has 1 unspecified atom stereocenters. The Morgan fingerprint density at radius 3 is 3.05 bits per heavy atom. The molecule has 2 amide bonds.